The van der Waals surface area contributed by atoms with Crippen molar-refractivity contribution in [1.82, 2.24) is 0 Å². The fraction of sp³-hybridized carbons (Fsp3) is 0.364. The number of methoxy groups -OCH3 is 1. The van der Waals surface area contributed by atoms with Crippen molar-refractivity contribution in [1.29, 1.82) is 0 Å². The molecule has 1 aromatic carbocycles. The van der Waals surface area contributed by atoms with Gasteiger partial charge in [-0.15, -0.1) is 0 Å². The number of ether oxygens (including phenoxy) is 2. The van der Waals surface area contributed by atoms with Crippen LogP contribution in [0.1, 0.15) is 18.6 Å². The molecule has 4 nitrogen and oxygen atoms in total. The summed E-state index contributed by atoms with van der Waals surface area (Å²) in [6.07, 6.45) is -1.63. The van der Waals surface area contributed by atoms with Gasteiger partial charge in [0.2, 0.25) is 0 Å². The van der Waals surface area contributed by atoms with E-state index in [1.54, 1.807) is 6.92 Å². The third-order valence-electron chi connectivity index (χ3n) is 2.02. The zero-order valence-electron chi connectivity index (χ0n) is 9.07. The average molecular weight is 228 g/mol. The molecule has 1 atom stereocenters. The van der Waals surface area contributed by atoms with Gasteiger partial charge >= 0.3 is 5.97 Å². The van der Waals surface area contributed by atoms with E-state index in [-0.39, 0.29) is 17.9 Å². The first-order valence-corrected chi connectivity index (χ1v) is 4.78. The monoisotopic (exact) mass is 228 g/mol. The molecule has 1 rings (SSSR count). The summed E-state index contributed by atoms with van der Waals surface area (Å²) < 4.78 is 23.0. The van der Waals surface area contributed by atoms with Gasteiger partial charge in [-0.25, -0.2) is 9.18 Å². The maximum absolute atomic E-state index is 13.6. The van der Waals surface area contributed by atoms with E-state index < -0.39 is 17.9 Å². The number of aliphatic hydroxyl groups excluding tert-OH is 1. The standard InChI is InChI=1S/C11H13FO4/c1-3-16-11(14)10(13)7-5-4-6-8(15-2)9(7)12/h4-6,10,13H,3H2,1-2H3. The topological polar surface area (TPSA) is 55.8 Å². The maximum atomic E-state index is 13.6. The Kier molecular flexibility index (Phi) is 4.25. The fourth-order valence-electron chi connectivity index (χ4n) is 1.24. The highest BCUT2D eigenvalue weighted by molar-refractivity contribution is 5.76. The van der Waals surface area contributed by atoms with Crippen LogP contribution >= 0.6 is 0 Å². The van der Waals surface area contributed by atoms with E-state index in [1.807, 2.05) is 0 Å². The average Bonchev–Trinajstić information content (AvgIpc) is 2.29. The lowest BCUT2D eigenvalue weighted by atomic mass is 10.1. The third kappa shape index (κ3) is 2.49. The quantitative estimate of drug-likeness (QED) is 0.792. The zero-order chi connectivity index (χ0) is 12.1. The van der Waals surface area contributed by atoms with E-state index in [1.165, 1.54) is 25.3 Å². The summed E-state index contributed by atoms with van der Waals surface area (Å²) in [7, 11) is 1.30. The minimum Gasteiger partial charge on any atom is -0.494 e. The molecule has 0 heterocycles. The van der Waals surface area contributed by atoms with Gasteiger partial charge < -0.3 is 14.6 Å². The molecule has 1 aromatic rings. The van der Waals surface area contributed by atoms with Gasteiger partial charge in [0.15, 0.2) is 17.7 Å². The number of carbonyl (C=O) groups excluding carboxylic acids is 1. The van der Waals surface area contributed by atoms with Gasteiger partial charge in [0.25, 0.3) is 0 Å². The molecule has 0 saturated carbocycles. The van der Waals surface area contributed by atoms with Crippen molar-refractivity contribution in [2.24, 2.45) is 0 Å². The molecule has 0 fully saturated rings. The lowest BCUT2D eigenvalue weighted by Crippen LogP contribution is -2.16. The van der Waals surface area contributed by atoms with Gasteiger partial charge in [0.1, 0.15) is 0 Å². The van der Waals surface area contributed by atoms with E-state index in [0.29, 0.717) is 0 Å². The summed E-state index contributed by atoms with van der Waals surface area (Å²) in [6.45, 7) is 1.73. The van der Waals surface area contributed by atoms with Crippen molar-refractivity contribution in [3.8, 4) is 5.75 Å². The van der Waals surface area contributed by atoms with E-state index >= 15 is 0 Å². The van der Waals surface area contributed by atoms with Gasteiger partial charge in [-0.2, -0.15) is 0 Å². The van der Waals surface area contributed by atoms with Crippen LogP contribution in [0.15, 0.2) is 18.2 Å². The van der Waals surface area contributed by atoms with Crippen molar-refractivity contribution in [2.75, 3.05) is 13.7 Å². The predicted octanol–water partition coefficient (Wildman–Crippen LogP) is 1.43. The summed E-state index contributed by atoms with van der Waals surface area (Å²) in [5.74, 6) is -1.67. The lowest BCUT2D eigenvalue weighted by molar-refractivity contribution is -0.153. The fourth-order valence-corrected chi connectivity index (χ4v) is 1.24. The molecule has 0 radical (unpaired) electrons. The van der Waals surface area contributed by atoms with Gasteiger partial charge in [0, 0.05) is 5.56 Å². The highest BCUT2D eigenvalue weighted by Crippen LogP contribution is 2.25. The van der Waals surface area contributed by atoms with Crippen LogP contribution in [0, 0.1) is 5.82 Å². The Morgan fingerprint density at radius 1 is 1.56 bits per heavy atom. The van der Waals surface area contributed by atoms with E-state index in [4.69, 9.17) is 4.74 Å². The molecule has 16 heavy (non-hydrogen) atoms. The number of esters is 1. The maximum Gasteiger partial charge on any atom is 0.339 e. The highest BCUT2D eigenvalue weighted by atomic mass is 19.1. The first-order valence-electron chi connectivity index (χ1n) is 4.78. The van der Waals surface area contributed by atoms with E-state index in [2.05, 4.69) is 4.74 Å². The molecule has 1 N–H and O–H groups in total. The molecule has 5 heteroatoms. The minimum atomic E-state index is -1.63. The number of halogens is 1. The second-order valence-electron chi connectivity index (χ2n) is 3.02. The second kappa shape index (κ2) is 5.46. The first kappa shape index (κ1) is 12.4. The lowest BCUT2D eigenvalue weighted by Gasteiger charge is -2.12. The Morgan fingerprint density at radius 2 is 2.25 bits per heavy atom. The van der Waals surface area contributed by atoms with E-state index in [9.17, 15) is 14.3 Å². The van der Waals surface area contributed by atoms with Gasteiger partial charge in [-0.1, -0.05) is 12.1 Å². The van der Waals surface area contributed by atoms with Crippen molar-refractivity contribution in [2.45, 2.75) is 13.0 Å². The van der Waals surface area contributed by atoms with Crippen LogP contribution < -0.4 is 4.74 Å². The number of aliphatic hydroxyl groups is 1. The Hall–Kier alpha value is -1.62. The van der Waals surface area contributed by atoms with Crippen LogP contribution in [0.2, 0.25) is 0 Å². The Labute approximate surface area is 92.6 Å². The minimum absolute atomic E-state index is 0.0270. The second-order valence-corrected chi connectivity index (χ2v) is 3.02. The van der Waals surface area contributed by atoms with Crippen molar-refractivity contribution in [3.05, 3.63) is 29.6 Å². The molecule has 0 aliphatic carbocycles. The van der Waals surface area contributed by atoms with Crippen LogP contribution in [0.5, 0.6) is 5.75 Å². The predicted molar refractivity (Wildman–Crippen MR) is 54.5 cm³/mol. The Bertz CT molecular complexity index is 378. The van der Waals surface area contributed by atoms with E-state index in [0.717, 1.165) is 0 Å². The molecule has 0 aliphatic heterocycles. The Balaban J connectivity index is 2.99. The number of hydrogen-bond acceptors (Lipinski definition) is 4. The SMILES string of the molecule is CCOC(=O)C(O)c1cccc(OC)c1F. The van der Waals surface area contributed by atoms with Crippen LogP contribution in [0.25, 0.3) is 0 Å². The summed E-state index contributed by atoms with van der Waals surface area (Å²) in [4.78, 5) is 11.2. The smallest absolute Gasteiger partial charge is 0.339 e. The molecular weight excluding hydrogens is 215 g/mol. The van der Waals surface area contributed by atoms with Gasteiger partial charge in [-0.3, -0.25) is 0 Å². The highest BCUT2D eigenvalue weighted by Gasteiger charge is 2.23. The van der Waals surface area contributed by atoms with Crippen molar-refractivity contribution in [3.63, 3.8) is 0 Å². The van der Waals surface area contributed by atoms with Crippen molar-refractivity contribution < 1.29 is 23.8 Å². The number of rotatable bonds is 4. The largest absolute Gasteiger partial charge is 0.494 e. The molecule has 0 aliphatic rings. The van der Waals surface area contributed by atoms with Crippen LogP contribution in [-0.2, 0) is 9.53 Å². The molecular formula is C11H13FO4. The van der Waals surface area contributed by atoms with Crippen LogP contribution in [-0.4, -0.2) is 24.8 Å². The normalized spacial score (nSPS) is 12.0. The number of benzene rings is 1. The summed E-state index contributed by atoms with van der Waals surface area (Å²) in [5.41, 5.74) is -0.155. The molecule has 0 aromatic heterocycles. The summed E-state index contributed by atoms with van der Waals surface area (Å²) in [6, 6.07) is 4.19. The third-order valence-corrected chi connectivity index (χ3v) is 2.02. The number of hydrogen-bond donors (Lipinski definition) is 1. The van der Waals surface area contributed by atoms with Crippen LogP contribution in [0.4, 0.5) is 4.39 Å². The van der Waals surface area contributed by atoms with Gasteiger partial charge in [-0.05, 0) is 13.0 Å². The molecule has 1 unspecified atom stereocenters. The Morgan fingerprint density at radius 3 is 2.81 bits per heavy atom. The molecule has 88 valence electrons. The van der Waals surface area contributed by atoms with Crippen LogP contribution in [0.3, 0.4) is 0 Å². The van der Waals surface area contributed by atoms with Crippen molar-refractivity contribution >= 4 is 5.97 Å². The summed E-state index contributed by atoms with van der Waals surface area (Å²) in [5, 5.41) is 9.55. The van der Waals surface area contributed by atoms with Gasteiger partial charge in [0.05, 0.1) is 13.7 Å². The molecule has 0 bridgehead atoms. The molecule has 0 amide bonds. The number of carbonyl (C=O) groups is 1. The first-order chi connectivity index (χ1) is 7.61. The molecule has 0 saturated heterocycles. The zero-order valence-corrected chi connectivity index (χ0v) is 9.07. The summed E-state index contributed by atoms with van der Waals surface area (Å²) >= 11 is 0. The molecule has 0 spiro atoms.